The molecule has 1 aromatic rings. The molecule has 0 aliphatic rings. The maximum Gasteiger partial charge on any atom is 0.143 e. The molecule has 13 heavy (non-hydrogen) atoms. The van der Waals surface area contributed by atoms with Gasteiger partial charge in [0.15, 0.2) is 0 Å². The molecule has 0 saturated heterocycles. The van der Waals surface area contributed by atoms with E-state index in [1.165, 1.54) is 6.20 Å². The molecule has 0 aromatic carbocycles. The third-order valence-electron chi connectivity index (χ3n) is 1.79. The highest BCUT2D eigenvalue weighted by Crippen LogP contribution is 2.31. The second-order valence-electron chi connectivity index (χ2n) is 2.66. The van der Waals surface area contributed by atoms with E-state index in [2.05, 4.69) is 17.6 Å². The number of pyridine rings is 1. The monoisotopic (exact) mass is 201 g/mol. The molecule has 5 heteroatoms. The summed E-state index contributed by atoms with van der Waals surface area (Å²) in [5.41, 5.74) is -0.104. The highest BCUT2D eigenvalue weighted by Gasteiger charge is 2.15. The van der Waals surface area contributed by atoms with E-state index in [4.69, 9.17) is 5.11 Å². The van der Waals surface area contributed by atoms with Crippen LogP contribution in [-0.4, -0.2) is 20.3 Å². The summed E-state index contributed by atoms with van der Waals surface area (Å²) in [6.45, 7) is 1.32. The van der Waals surface area contributed by atoms with Gasteiger partial charge in [-0.2, -0.15) is 0 Å². The number of thiol groups is 1. The van der Waals surface area contributed by atoms with Crippen molar-refractivity contribution in [3.05, 3.63) is 23.0 Å². The molecule has 0 radical (unpaired) electrons. The van der Waals surface area contributed by atoms with Crippen LogP contribution in [0, 0.1) is 6.92 Å². The lowest BCUT2D eigenvalue weighted by atomic mass is 10.1. The third kappa shape index (κ3) is 1.93. The van der Waals surface area contributed by atoms with Gasteiger partial charge >= 0.3 is 0 Å². The number of nitrogens with zero attached hydrogens (tertiary/aromatic N) is 1. The van der Waals surface area contributed by atoms with E-state index in [0.717, 1.165) is 0 Å². The van der Waals surface area contributed by atoms with Gasteiger partial charge in [0.05, 0.1) is 12.3 Å². The second kappa shape index (κ2) is 3.95. The third-order valence-corrected chi connectivity index (χ3v) is 2.04. The Labute approximate surface area is 81.3 Å². The van der Waals surface area contributed by atoms with Gasteiger partial charge in [0.1, 0.15) is 11.2 Å². The van der Waals surface area contributed by atoms with Gasteiger partial charge < -0.3 is 15.3 Å². The largest absolute Gasteiger partial charge is 0.506 e. The first kappa shape index (κ1) is 10.3. The predicted octanol–water partition coefficient (Wildman–Crippen LogP) is 0.509. The van der Waals surface area contributed by atoms with Gasteiger partial charge in [-0.25, -0.2) is 0 Å². The molecule has 1 rings (SSSR count). The summed E-state index contributed by atoms with van der Waals surface area (Å²) in [5, 5.41) is 27.6. The van der Waals surface area contributed by atoms with Crippen LogP contribution in [-0.2, 0) is 6.61 Å². The summed E-state index contributed by atoms with van der Waals surface area (Å²) in [6.07, 6.45) is 1.41. The molecule has 1 heterocycles. The van der Waals surface area contributed by atoms with Crippen LogP contribution >= 0.6 is 12.6 Å². The Morgan fingerprint density at radius 1 is 1.62 bits per heavy atom. The lowest BCUT2D eigenvalue weighted by Gasteiger charge is -2.12. The molecule has 0 saturated carbocycles. The molecular weight excluding hydrogens is 190 g/mol. The molecule has 0 aliphatic carbocycles. The van der Waals surface area contributed by atoms with Gasteiger partial charge in [0.2, 0.25) is 0 Å². The zero-order chi connectivity index (χ0) is 10.0. The standard InChI is InChI=1S/C8H11NO3S/c1-4-7(11)6(8(12)13)5(3-10)2-9-4/h2,8,10-13H,3H2,1H3. The summed E-state index contributed by atoms with van der Waals surface area (Å²) in [5.74, 6) is -0.117. The summed E-state index contributed by atoms with van der Waals surface area (Å²) >= 11 is 3.78. The lowest BCUT2D eigenvalue weighted by molar-refractivity contribution is 0.248. The quantitative estimate of drug-likeness (QED) is 0.415. The average Bonchev–Trinajstić information content (AvgIpc) is 2.08. The van der Waals surface area contributed by atoms with Gasteiger partial charge in [-0.3, -0.25) is 4.98 Å². The van der Waals surface area contributed by atoms with Gasteiger partial charge in [-0.15, -0.1) is 12.6 Å². The molecule has 1 unspecified atom stereocenters. The molecule has 0 amide bonds. The van der Waals surface area contributed by atoms with E-state index in [-0.39, 0.29) is 17.9 Å². The minimum absolute atomic E-state index is 0.117. The highest BCUT2D eigenvalue weighted by atomic mass is 32.1. The highest BCUT2D eigenvalue weighted by molar-refractivity contribution is 7.80. The predicted molar refractivity (Wildman–Crippen MR) is 50.5 cm³/mol. The zero-order valence-corrected chi connectivity index (χ0v) is 7.99. The van der Waals surface area contributed by atoms with Crippen molar-refractivity contribution in [2.45, 2.75) is 19.0 Å². The Hall–Kier alpha value is -0.780. The van der Waals surface area contributed by atoms with Crippen molar-refractivity contribution in [3.8, 4) is 5.75 Å². The van der Waals surface area contributed by atoms with Crippen LogP contribution in [0.3, 0.4) is 0 Å². The Morgan fingerprint density at radius 3 is 2.69 bits per heavy atom. The topological polar surface area (TPSA) is 73.6 Å². The van der Waals surface area contributed by atoms with Crippen molar-refractivity contribution in [1.29, 1.82) is 0 Å². The van der Waals surface area contributed by atoms with Crippen LogP contribution in [0.1, 0.15) is 22.3 Å². The Bertz CT molecular complexity index is 315. The molecule has 72 valence electrons. The molecule has 0 fully saturated rings. The summed E-state index contributed by atoms with van der Waals surface area (Å²) < 4.78 is 0. The fourth-order valence-corrected chi connectivity index (χ4v) is 1.35. The van der Waals surface area contributed by atoms with Gasteiger partial charge in [0.25, 0.3) is 0 Å². The molecule has 0 aliphatic heterocycles. The van der Waals surface area contributed by atoms with Gasteiger partial charge in [-0.1, -0.05) is 0 Å². The van der Waals surface area contributed by atoms with Crippen molar-refractivity contribution in [1.82, 2.24) is 4.98 Å². The number of rotatable bonds is 2. The minimum atomic E-state index is -1.11. The summed E-state index contributed by atoms with van der Waals surface area (Å²) in [7, 11) is 0. The lowest BCUT2D eigenvalue weighted by Crippen LogP contribution is -2.00. The number of aliphatic hydroxyl groups excluding tert-OH is 2. The molecule has 0 bridgehead atoms. The number of hydrogen-bond acceptors (Lipinski definition) is 5. The fourth-order valence-electron chi connectivity index (χ4n) is 1.07. The van der Waals surface area contributed by atoms with Crippen molar-refractivity contribution < 1.29 is 15.3 Å². The van der Waals surface area contributed by atoms with E-state index in [9.17, 15) is 10.2 Å². The number of aryl methyl sites for hydroxylation is 1. The molecule has 3 N–H and O–H groups in total. The molecule has 4 nitrogen and oxygen atoms in total. The smallest absolute Gasteiger partial charge is 0.143 e. The second-order valence-corrected chi connectivity index (χ2v) is 3.15. The van der Waals surface area contributed by atoms with Crippen LogP contribution in [0.4, 0.5) is 0 Å². The van der Waals surface area contributed by atoms with Crippen molar-refractivity contribution in [2.24, 2.45) is 0 Å². The number of aromatic hydroxyl groups is 1. The zero-order valence-electron chi connectivity index (χ0n) is 7.10. The van der Waals surface area contributed by atoms with Crippen LogP contribution in [0.5, 0.6) is 5.75 Å². The first-order valence-electron chi connectivity index (χ1n) is 3.72. The van der Waals surface area contributed by atoms with Crippen molar-refractivity contribution in [3.63, 3.8) is 0 Å². The van der Waals surface area contributed by atoms with Crippen molar-refractivity contribution >= 4 is 12.6 Å². The van der Waals surface area contributed by atoms with Crippen molar-refractivity contribution in [2.75, 3.05) is 0 Å². The van der Waals surface area contributed by atoms with E-state index < -0.39 is 5.44 Å². The van der Waals surface area contributed by atoms with Crippen LogP contribution in [0.25, 0.3) is 0 Å². The normalized spacial score (nSPS) is 12.9. The molecule has 1 atom stereocenters. The maximum atomic E-state index is 9.50. The number of hydrogen-bond donors (Lipinski definition) is 4. The first-order chi connectivity index (χ1) is 6.07. The maximum absolute atomic E-state index is 9.50. The number of aromatic nitrogens is 1. The molecule has 1 aromatic heterocycles. The molecular formula is C8H11NO3S. The Morgan fingerprint density at radius 2 is 2.23 bits per heavy atom. The van der Waals surface area contributed by atoms with E-state index in [0.29, 0.717) is 11.3 Å². The minimum Gasteiger partial charge on any atom is -0.506 e. The molecule has 0 spiro atoms. The summed E-state index contributed by atoms with van der Waals surface area (Å²) in [4.78, 5) is 3.84. The summed E-state index contributed by atoms with van der Waals surface area (Å²) in [6, 6.07) is 0. The SMILES string of the molecule is Cc1ncc(CO)c(C(O)S)c1O. The Kier molecular flexibility index (Phi) is 3.13. The number of aliphatic hydroxyl groups is 2. The average molecular weight is 201 g/mol. The van der Waals surface area contributed by atoms with E-state index in [1.807, 2.05) is 0 Å². The van der Waals surface area contributed by atoms with Crippen LogP contribution in [0.2, 0.25) is 0 Å². The van der Waals surface area contributed by atoms with Gasteiger partial charge in [-0.05, 0) is 6.92 Å². The first-order valence-corrected chi connectivity index (χ1v) is 4.24. The Balaban J connectivity index is 3.32. The van der Waals surface area contributed by atoms with E-state index in [1.54, 1.807) is 6.92 Å². The van der Waals surface area contributed by atoms with Crippen LogP contribution < -0.4 is 0 Å². The van der Waals surface area contributed by atoms with Gasteiger partial charge in [0, 0.05) is 17.3 Å². The fraction of sp³-hybridized carbons (Fsp3) is 0.375. The van der Waals surface area contributed by atoms with Crippen LogP contribution in [0.15, 0.2) is 6.20 Å². The van der Waals surface area contributed by atoms with E-state index >= 15 is 0 Å².